The lowest BCUT2D eigenvalue weighted by Gasteiger charge is -2.11. The molecule has 0 spiro atoms. The van der Waals surface area contributed by atoms with E-state index < -0.39 is 5.91 Å². The molecule has 3 rings (SSSR count). The molecule has 3 N–H and O–H groups in total. The fourth-order valence-electron chi connectivity index (χ4n) is 2.72. The van der Waals surface area contributed by atoms with Gasteiger partial charge in [-0.25, -0.2) is 4.39 Å². The Morgan fingerprint density at radius 1 is 1.03 bits per heavy atom. The first-order chi connectivity index (χ1) is 13.9. The van der Waals surface area contributed by atoms with Crippen molar-refractivity contribution in [1.29, 1.82) is 0 Å². The van der Waals surface area contributed by atoms with Crippen molar-refractivity contribution in [3.63, 3.8) is 0 Å². The summed E-state index contributed by atoms with van der Waals surface area (Å²) in [5, 5.41) is 2.77. The molecule has 0 radical (unpaired) electrons. The third kappa shape index (κ3) is 5.42. The Morgan fingerprint density at radius 2 is 1.83 bits per heavy atom. The van der Waals surface area contributed by atoms with Crippen LogP contribution >= 0.6 is 15.9 Å². The van der Waals surface area contributed by atoms with E-state index in [-0.39, 0.29) is 24.9 Å². The highest BCUT2D eigenvalue weighted by molar-refractivity contribution is 9.10. The van der Waals surface area contributed by atoms with Crippen LogP contribution in [-0.4, -0.2) is 11.8 Å². The van der Waals surface area contributed by atoms with Crippen molar-refractivity contribution in [3.8, 4) is 5.75 Å². The zero-order valence-corrected chi connectivity index (χ0v) is 16.9. The van der Waals surface area contributed by atoms with E-state index in [2.05, 4.69) is 21.2 Å². The van der Waals surface area contributed by atoms with Crippen molar-refractivity contribution in [1.82, 2.24) is 5.32 Å². The lowest BCUT2D eigenvalue weighted by Crippen LogP contribution is -2.23. The Bertz CT molecular complexity index is 1060. The fraction of sp³-hybridized carbons (Fsp3) is 0.0909. The molecule has 0 aromatic heterocycles. The van der Waals surface area contributed by atoms with E-state index in [1.807, 2.05) is 6.07 Å². The van der Waals surface area contributed by atoms with Crippen molar-refractivity contribution < 1.29 is 18.7 Å². The van der Waals surface area contributed by atoms with E-state index in [9.17, 15) is 14.0 Å². The van der Waals surface area contributed by atoms with E-state index in [0.717, 1.165) is 10.0 Å². The van der Waals surface area contributed by atoms with Gasteiger partial charge in [-0.05, 0) is 53.6 Å². The van der Waals surface area contributed by atoms with E-state index in [1.54, 1.807) is 48.5 Å². The van der Waals surface area contributed by atoms with Crippen molar-refractivity contribution >= 4 is 27.7 Å². The normalized spacial score (nSPS) is 10.4. The number of carbonyl (C=O) groups excluding carboxylic acids is 2. The van der Waals surface area contributed by atoms with Gasteiger partial charge in [0.1, 0.15) is 18.2 Å². The number of ether oxygens (including phenoxy) is 1. The molecule has 2 amide bonds. The number of halogens is 2. The number of amides is 2. The molecule has 0 aliphatic heterocycles. The van der Waals surface area contributed by atoms with Crippen molar-refractivity contribution in [3.05, 3.63) is 99.3 Å². The number of nitrogens with one attached hydrogen (secondary N) is 1. The molecule has 0 unspecified atom stereocenters. The van der Waals surface area contributed by atoms with E-state index >= 15 is 0 Å². The topological polar surface area (TPSA) is 81.4 Å². The van der Waals surface area contributed by atoms with Gasteiger partial charge in [0, 0.05) is 16.6 Å². The van der Waals surface area contributed by atoms with Gasteiger partial charge in [0.15, 0.2) is 0 Å². The molecule has 0 fully saturated rings. The van der Waals surface area contributed by atoms with Gasteiger partial charge in [-0.1, -0.05) is 40.2 Å². The number of carbonyl (C=O) groups is 2. The Balaban J connectivity index is 1.65. The zero-order chi connectivity index (χ0) is 20.8. The highest BCUT2D eigenvalue weighted by Gasteiger charge is 2.11. The number of hydrogen-bond donors (Lipinski definition) is 2. The minimum absolute atomic E-state index is 0.168. The highest BCUT2D eigenvalue weighted by Crippen LogP contribution is 2.20. The molecular weight excluding hydrogens is 439 g/mol. The number of hydrogen-bond acceptors (Lipinski definition) is 3. The molecule has 0 heterocycles. The van der Waals surface area contributed by atoms with Crippen LogP contribution in [0.5, 0.6) is 5.75 Å². The van der Waals surface area contributed by atoms with Gasteiger partial charge in [-0.2, -0.15) is 0 Å². The summed E-state index contributed by atoms with van der Waals surface area (Å²) in [7, 11) is 0. The van der Waals surface area contributed by atoms with Gasteiger partial charge >= 0.3 is 0 Å². The summed E-state index contributed by atoms with van der Waals surface area (Å²) in [5.41, 5.74) is 7.48. The lowest BCUT2D eigenvalue weighted by atomic mass is 10.1. The minimum Gasteiger partial charge on any atom is -0.488 e. The molecule has 0 saturated carbocycles. The van der Waals surface area contributed by atoms with Crippen molar-refractivity contribution in [2.45, 2.75) is 13.2 Å². The van der Waals surface area contributed by atoms with Gasteiger partial charge in [-0.3, -0.25) is 9.59 Å². The highest BCUT2D eigenvalue weighted by atomic mass is 79.9. The van der Waals surface area contributed by atoms with E-state index in [1.165, 1.54) is 12.1 Å². The van der Waals surface area contributed by atoms with Gasteiger partial charge in [-0.15, -0.1) is 0 Å². The third-order valence-electron chi connectivity index (χ3n) is 4.18. The first kappa shape index (κ1) is 20.5. The fourth-order valence-corrected chi connectivity index (χ4v) is 3.10. The Hall–Kier alpha value is -3.19. The van der Waals surface area contributed by atoms with Gasteiger partial charge in [0.2, 0.25) is 0 Å². The second-order valence-electron chi connectivity index (χ2n) is 6.27. The Labute approximate surface area is 175 Å². The summed E-state index contributed by atoms with van der Waals surface area (Å²) < 4.78 is 19.8. The molecule has 148 valence electrons. The molecule has 0 bridgehead atoms. The largest absolute Gasteiger partial charge is 0.488 e. The van der Waals surface area contributed by atoms with Crippen LogP contribution in [0.2, 0.25) is 0 Å². The minimum atomic E-state index is -0.572. The molecule has 3 aromatic carbocycles. The maximum Gasteiger partial charge on any atom is 0.252 e. The summed E-state index contributed by atoms with van der Waals surface area (Å²) in [6.07, 6.45) is 0. The third-order valence-corrected chi connectivity index (χ3v) is 4.96. The Kier molecular flexibility index (Phi) is 6.61. The maximum absolute atomic E-state index is 13.4. The van der Waals surface area contributed by atoms with E-state index in [0.29, 0.717) is 22.4 Å². The molecule has 0 aliphatic rings. The smallest absolute Gasteiger partial charge is 0.252 e. The summed E-state index contributed by atoms with van der Waals surface area (Å²) in [6.45, 7) is 0.352. The first-order valence-corrected chi connectivity index (χ1v) is 9.56. The van der Waals surface area contributed by atoms with Crippen molar-refractivity contribution in [2.75, 3.05) is 0 Å². The van der Waals surface area contributed by atoms with Crippen LogP contribution in [0.3, 0.4) is 0 Å². The second kappa shape index (κ2) is 9.34. The average Bonchev–Trinajstić information content (AvgIpc) is 2.73. The number of rotatable bonds is 7. The summed E-state index contributed by atoms with van der Waals surface area (Å²) >= 11 is 3.34. The van der Waals surface area contributed by atoms with Crippen LogP contribution in [0.15, 0.2) is 71.2 Å². The monoisotopic (exact) mass is 456 g/mol. The van der Waals surface area contributed by atoms with Gasteiger partial charge in [0.25, 0.3) is 11.8 Å². The summed E-state index contributed by atoms with van der Waals surface area (Å²) in [6, 6.07) is 17.9. The summed E-state index contributed by atoms with van der Waals surface area (Å²) in [4.78, 5) is 23.9. The van der Waals surface area contributed by atoms with E-state index in [4.69, 9.17) is 10.5 Å². The molecule has 7 heteroatoms. The second-order valence-corrected chi connectivity index (χ2v) is 7.12. The molecule has 0 saturated heterocycles. The molecule has 5 nitrogen and oxygen atoms in total. The number of primary amides is 1. The lowest BCUT2D eigenvalue weighted by molar-refractivity contribution is 0.0949. The molecule has 3 aromatic rings. The van der Waals surface area contributed by atoms with Crippen LogP contribution in [0.1, 0.15) is 31.8 Å². The molecule has 0 atom stereocenters. The average molecular weight is 457 g/mol. The Morgan fingerprint density at radius 3 is 2.62 bits per heavy atom. The predicted molar refractivity (Wildman–Crippen MR) is 111 cm³/mol. The van der Waals surface area contributed by atoms with Crippen LogP contribution in [0.25, 0.3) is 0 Å². The van der Waals surface area contributed by atoms with Crippen LogP contribution in [0.4, 0.5) is 4.39 Å². The predicted octanol–water partition coefficient (Wildman–Crippen LogP) is 4.20. The zero-order valence-electron chi connectivity index (χ0n) is 15.3. The SMILES string of the molecule is NC(=O)c1ccccc1OCc1cccc(C(=O)NCc2cc(F)ccc2Br)c1. The first-order valence-electron chi connectivity index (χ1n) is 8.77. The summed E-state index contributed by atoms with van der Waals surface area (Å²) in [5.74, 6) is -0.851. The molecule has 0 aliphatic carbocycles. The van der Waals surface area contributed by atoms with Crippen LogP contribution in [-0.2, 0) is 13.2 Å². The van der Waals surface area contributed by atoms with Crippen LogP contribution in [0, 0.1) is 5.82 Å². The van der Waals surface area contributed by atoms with Crippen LogP contribution < -0.4 is 15.8 Å². The quantitative estimate of drug-likeness (QED) is 0.558. The molecule has 29 heavy (non-hydrogen) atoms. The number of benzene rings is 3. The van der Waals surface area contributed by atoms with Crippen molar-refractivity contribution in [2.24, 2.45) is 5.73 Å². The standard InChI is InChI=1S/C22H18BrFN2O3/c23-19-9-8-17(24)11-16(19)12-26-22(28)15-5-3-4-14(10-15)13-29-20-7-2-1-6-18(20)21(25)27/h1-11H,12-13H2,(H2,25,27)(H,26,28). The number of nitrogens with two attached hydrogens (primary N) is 1. The number of para-hydroxylation sites is 1. The maximum atomic E-state index is 13.4. The van der Waals surface area contributed by atoms with Gasteiger partial charge in [0.05, 0.1) is 5.56 Å². The van der Waals surface area contributed by atoms with Gasteiger partial charge < -0.3 is 15.8 Å². The molecular formula is C22H18BrFN2O3.